The van der Waals surface area contributed by atoms with E-state index in [1.54, 1.807) is 26.4 Å². The number of rotatable bonds is 30. The summed E-state index contributed by atoms with van der Waals surface area (Å²) in [6, 6.07) is 69.5. The molecule has 1 aliphatic rings. The van der Waals surface area contributed by atoms with Gasteiger partial charge < -0.3 is 59.5 Å². The maximum absolute atomic E-state index is 10.1. The zero-order valence-corrected chi connectivity index (χ0v) is 63.9. The Morgan fingerprint density at radius 2 is 0.870 bits per heavy atom. The van der Waals surface area contributed by atoms with Gasteiger partial charge in [-0.2, -0.15) is 18.3 Å². The quantitative estimate of drug-likeness (QED) is 0.0104. The second-order valence-corrected chi connectivity index (χ2v) is 25.9. The van der Waals surface area contributed by atoms with Gasteiger partial charge in [0.2, 0.25) is 22.1 Å². The average molecular weight is 1490 g/mol. The molecule has 1 saturated heterocycles. The van der Waals surface area contributed by atoms with Gasteiger partial charge in [-0.05, 0) is 111 Å². The molecular weight excluding hydrogens is 1390 g/mol. The molecule has 1 fully saturated rings. The van der Waals surface area contributed by atoms with E-state index in [0.29, 0.717) is 95.7 Å². The Kier molecular flexibility index (Phi) is 34.6. The Morgan fingerprint density at radius 3 is 1.31 bits per heavy atom. The summed E-state index contributed by atoms with van der Waals surface area (Å²) in [6.07, 6.45) is 14.2. The maximum Gasteiger partial charge on any atom is 1.00 e. The van der Waals surface area contributed by atoms with Crippen LogP contribution in [0, 0.1) is 0 Å². The van der Waals surface area contributed by atoms with Crippen LogP contribution in [0.1, 0.15) is 85.1 Å². The third kappa shape index (κ3) is 23.9. The number of nitrogens with zero attached hydrogens (tertiary/aromatic N) is 4. The molecule has 0 aliphatic carbocycles. The maximum atomic E-state index is 10.1. The van der Waals surface area contributed by atoms with Gasteiger partial charge in [0, 0.05) is 131 Å². The second kappa shape index (κ2) is 44.5. The molecule has 23 heteroatoms. The Bertz CT molecular complexity index is 4870. The second-order valence-electron chi connectivity index (χ2n) is 25.7. The fourth-order valence-electron chi connectivity index (χ4n) is 13.0. The Hall–Kier alpha value is -8.12. The molecule has 8 aromatic carbocycles. The first-order chi connectivity index (χ1) is 52.3. The van der Waals surface area contributed by atoms with Gasteiger partial charge in [-0.15, -0.1) is 11.6 Å². The fraction of sp³-hybridized carbons (Fsp3) is 0.247. The molecule has 552 valence electrons. The van der Waals surface area contributed by atoms with E-state index in [1.165, 1.54) is 21.9 Å². The molecule has 0 spiro atoms. The molecule has 0 amide bonds. The predicted molar refractivity (Wildman–Crippen MR) is 430 cm³/mol. The SMILES string of the molecule is C.C=Cc1ccc(CCl)cc1.C=Cc1ccc(COCCCOCc2cc(C[n+]3cccc4c5ccc[n+](Cc6cccc(B(O)O)c6)c5ccc43)cc(B(O)O)c2)cc1.COB(OC)c1cccc(C[n+]2cccc3c4ccc[n+](Cc5cc(COCCCO)cc(B6OCCCO6)c5)c4ccc32)c1.[2H]CF.[H-].[Na+]. The molecule has 16 nitrogen and oxygen atoms in total. The molecule has 0 saturated carbocycles. The van der Waals surface area contributed by atoms with Crippen LogP contribution in [-0.2, 0) is 84.7 Å². The molecule has 1 aliphatic heterocycles. The van der Waals surface area contributed by atoms with Crippen LogP contribution in [-0.4, -0.2) is 115 Å². The molecule has 13 rings (SSSR count). The average Bonchev–Trinajstić information content (AvgIpc) is 0.771. The van der Waals surface area contributed by atoms with Gasteiger partial charge in [0.25, 0.3) is 0 Å². The van der Waals surface area contributed by atoms with Crippen molar-refractivity contribution in [3.05, 3.63) is 300 Å². The summed E-state index contributed by atoms with van der Waals surface area (Å²) >= 11 is 5.60. The van der Waals surface area contributed by atoms with Crippen LogP contribution >= 0.6 is 11.6 Å². The summed E-state index contributed by atoms with van der Waals surface area (Å²) in [5.74, 6) is 0.581. The summed E-state index contributed by atoms with van der Waals surface area (Å²) in [5, 5.41) is 53.1. The molecular formula is C85H97B4ClFN4NaO12+4. The van der Waals surface area contributed by atoms with E-state index in [1.807, 2.05) is 128 Å². The third-order valence-corrected chi connectivity index (χ3v) is 18.4. The van der Waals surface area contributed by atoms with E-state index >= 15 is 0 Å². The van der Waals surface area contributed by atoms with E-state index in [0.717, 1.165) is 108 Å². The van der Waals surface area contributed by atoms with Gasteiger partial charge >= 0.3 is 58.0 Å². The van der Waals surface area contributed by atoms with Gasteiger partial charge in [-0.3, -0.25) is 4.39 Å². The summed E-state index contributed by atoms with van der Waals surface area (Å²) in [7, 11) is -1.55. The van der Waals surface area contributed by atoms with Crippen molar-refractivity contribution in [1.29, 1.82) is 0 Å². The van der Waals surface area contributed by atoms with Gasteiger partial charge in [0.15, 0.2) is 51.0 Å². The number of hydrogen-bond acceptors (Lipinski definition) is 12. The molecule has 0 unspecified atom stereocenters. The van der Waals surface area contributed by atoms with Crippen LogP contribution in [0.25, 0.3) is 55.8 Å². The number of hydrogen-bond donors (Lipinski definition) is 5. The normalized spacial score (nSPS) is 11.8. The first kappa shape index (κ1) is 83.9. The molecule has 108 heavy (non-hydrogen) atoms. The van der Waals surface area contributed by atoms with Crippen molar-refractivity contribution in [2.45, 2.75) is 78.6 Å². The van der Waals surface area contributed by atoms with Gasteiger partial charge in [0.1, 0.15) is 0 Å². The molecule has 4 aromatic heterocycles. The van der Waals surface area contributed by atoms with E-state index in [2.05, 4.69) is 135 Å². The number of aromatic nitrogens is 4. The first-order valence-corrected chi connectivity index (χ1v) is 35.9. The monoisotopic (exact) mass is 1490 g/mol. The summed E-state index contributed by atoms with van der Waals surface area (Å²) in [5.41, 5.74) is 17.9. The molecule has 5 N–H and O–H groups in total. The number of alkyl halides is 2. The van der Waals surface area contributed by atoms with Crippen molar-refractivity contribution in [2.24, 2.45) is 0 Å². The predicted octanol–water partition coefficient (Wildman–Crippen LogP) is 6.88. The number of ether oxygens (including phenoxy) is 3. The molecule has 0 bridgehead atoms. The standard InChI is InChI=1S/C39H40B2N2O6.C35H40B2N2O6.C9H9Cl.CH3F.CH4.Na.H/c1-2-29-11-13-30(14-12-29)27-48-19-6-20-49-28-33-21-32(23-35(24-33)41(46)47)26-43-18-5-10-37-36-9-4-17-42(38(36)15-16-39(37)43)25-31-7-3-8-34(22-31)40(44)45;1-41-36(42-2)30-9-3-8-27(21-30)24-38-14-4-10-32-33-11-5-15-39(35(33)13-12-34(32)38)25-28-20-29(26-43-17-6-16-40)23-31(22-28)37-44-18-7-19-45-37;1-2-8-3-5-9(7-10)6-4-8;1-2;;;/h2-5,7-18,21-24,44-47H,1,6,19-20,25-28H2;3-5,8-15,20-23,40H,6-7,16-19,24-26H2,1-2H3;2-6H,1,7H2;1H3;1H4;;/q2*+2;;;;+1;-1/i;;;1D;;;. The van der Waals surface area contributed by atoms with Crippen LogP contribution in [0.15, 0.2) is 244 Å². The molecule has 0 radical (unpaired) electrons. The Labute approximate surface area is 665 Å². The first-order valence-electron chi connectivity index (χ1n) is 36.1. The van der Waals surface area contributed by atoms with Crippen molar-refractivity contribution < 1.29 is 113 Å². The Morgan fingerprint density at radius 1 is 0.491 bits per heavy atom. The van der Waals surface area contributed by atoms with Gasteiger partial charge in [0.05, 0.1) is 49.9 Å². The minimum Gasteiger partial charge on any atom is -1.00 e. The summed E-state index contributed by atoms with van der Waals surface area (Å²) < 4.78 is 64.8. The minimum atomic E-state index is -1.59. The fourth-order valence-corrected chi connectivity index (χ4v) is 13.2. The number of pyridine rings is 4. The largest absolute Gasteiger partial charge is 1.00 e. The van der Waals surface area contributed by atoms with Crippen molar-refractivity contribution in [2.75, 3.05) is 61.0 Å². The van der Waals surface area contributed by atoms with E-state index in [-0.39, 0.29) is 59.3 Å². The van der Waals surface area contributed by atoms with Crippen molar-refractivity contribution in [1.82, 2.24) is 0 Å². The summed E-state index contributed by atoms with van der Waals surface area (Å²) in [6.45, 7) is 14.4. The smallest absolute Gasteiger partial charge is 1.00 e. The van der Waals surface area contributed by atoms with Crippen LogP contribution in [0.2, 0.25) is 0 Å². The molecule has 0 atom stereocenters. The number of aliphatic hydroxyl groups excluding tert-OH is 1. The van der Waals surface area contributed by atoms with Crippen molar-refractivity contribution >= 4 is 118 Å². The third-order valence-electron chi connectivity index (χ3n) is 18.1. The van der Waals surface area contributed by atoms with E-state index < -0.39 is 21.4 Å². The van der Waals surface area contributed by atoms with E-state index in [4.69, 9.17) is 50.9 Å². The van der Waals surface area contributed by atoms with E-state index in [9.17, 15) is 24.5 Å². The van der Waals surface area contributed by atoms with Gasteiger partial charge in [-0.25, -0.2) is 0 Å². The number of fused-ring (bicyclic) bond motifs is 6. The number of benzene rings is 8. The van der Waals surface area contributed by atoms with Crippen LogP contribution < -0.4 is 69.7 Å². The zero-order valence-electron chi connectivity index (χ0n) is 63.2. The molecule has 12 aromatic rings. The van der Waals surface area contributed by atoms with Gasteiger partial charge in [-0.1, -0.05) is 154 Å². The number of aliphatic hydroxyl groups is 1. The van der Waals surface area contributed by atoms with Crippen LogP contribution in [0.5, 0.6) is 0 Å². The minimum absolute atomic E-state index is 0. The number of halogens is 2. The topological polar surface area (TPSA) is 181 Å². The molecule has 5 heterocycles. The van der Waals surface area contributed by atoms with Crippen molar-refractivity contribution in [3.8, 4) is 0 Å². The summed E-state index contributed by atoms with van der Waals surface area (Å²) in [4.78, 5) is 0. The van der Waals surface area contributed by atoms with Crippen molar-refractivity contribution in [3.63, 3.8) is 0 Å². The van der Waals surface area contributed by atoms with Crippen LogP contribution in [0.4, 0.5) is 4.39 Å². The zero-order chi connectivity index (χ0) is 75.3. The Balaban J connectivity index is 0.000000257. The van der Waals surface area contributed by atoms with Crippen LogP contribution in [0.3, 0.4) is 0 Å².